The standard InChI is InChI=1S/C15H22Cl2N2/c1-18-8-7-13-4-2-3-9-19(13)11-12-5-6-14(16)15(17)10-12/h5-6,10,13,18H,2-4,7-9,11H2,1H3. The van der Waals surface area contributed by atoms with Gasteiger partial charge in [-0.1, -0.05) is 35.7 Å². The average Bonchev–Trinajstić information content (AvgIpc) is 2.42. The maximum absolute atomic E-state index is 6.09. The van der Waals surface area contributed by atoms with E-state index in [1.165, 1.54) is 37.8 Å². The van der Waals surface area contributed by atoms with Crippen molar-refractivity contribution in [2.75, 3.05) is 20.1 Å². The van der Waals surface area contributed by atoms with E-state index in [-0.39, 0.29) is 0 Å². The summed E-state index contributed by atoms with van der Waals surface area (Å²) in [7, 11) is 2.02. The van der Waals surface area contributed by atoms with Crippen molar-refractivity contribution in [2.45, 2.75) is 38.3 Å². The first-order valence-electron chi connectivity index (χ1n) is 7.03. The number of benzene rings is 1. The zero-order valence-corrected chi connectivity index (χ0v) is 13.0. The van der Waals surface area contributed by atoms with Gasteiger partial charge < -0.3 is 5.32 Å². The molecular weight excluding hydrogens is 279 g/mol. The van der Waals surface area contributed by atoms with Crippen LogP contribution in [0.1, 0.15) is 31.2 Å². The molecule has 0 aromatic heterocycles. The van der Waals surface area contributed by atoms with Crippen LogP contribution in [-0.4, -0.2) is 31.1 Å². The Bertz CT molecular complexity index is 409. The molecule has 0 radical (unpaired) electrons. The Balaban J connectivity index is 1.99. The maximum Gasteiger partial charge on any atom is 0.0595 e. The average molecular weight is 301 g/mol. The molecule has 0 bridgehead atoms. The highest BCUT2D eigenvalue weighted by Crippen LogP contribution is 2.26. The molecule has 0 aliphatic carbocycles. The van der Waals surface area contributed by atoms with E-state index in [1.54, 1.807) is 0 Å². The molecule has 1 fully saturated rings. The van der Waals surface area contributed by atoms with Gasteiger partial charge in [0.2, 0.25) is 0 Å². The van der Waals surface area contributed by atoms with Crippen LogP contribution in [0.15, 0.2) is 18.2 Å². The third-order valence-corrected chi connectivity index (χ3v) is 4.59. The van der Waals surface area contributed by atoms with Crippen LogP contribution in [0.2, 0.25) is 10.0 Å². The van der Waals surface area contributed by atoms with Crippen molar-refractivity contribution in [2.24, 2.45) is 0 Å². The number of hydrogen-bond donors (Lipinski definition) is 1. The Hall–Kier alpha value is -0.280. The van der Waals surface area contributed by atoms with E-state index in [2.05, 4.69) is 16.3 Å². The van der Waals surface area contributed by atoms with Crippen molar-refractivity contribution in [3.8, 4) is 0 Å². The number of nitrogens with zero attached hydrogens (tertiary/aromatic N) is 1. The lowest BCUT2D eigenvalue weighted by Crippen LogP contribution is -2.40. The van der Waals surface area contributed by atoms with Gasteiger partial charge in [0.25, 0.3) is 0 Å². The summed E-state index contributed by atoms with van der Waals surface area (Å²) in [5, 5.41) is 4.54. The van der Waals surface area contributed by atoms with Crippen LogP contribution in [-0.2, 0) is 6.54 Å². The fourth-order valence-corrected chi connectivity index (χ4v) is 3.10. The van der Waals surface area contributed by atoms with Gasteiger partial charge >= 0.3 is 0 Å². The molecule has 106 valence electrons. The minimum atomic E-state index is 0.635. The fraction of sp³-hybridized carbons (Fsp3) is 0.600. The van der Waals surface area contributed by atoms with Crippen LogP contribution in [0, 0.1) is 0 Å². The SMILES string of the molecule is CNCCC1CCCCN1Cc1ccc(Cl)c(Cl)c1. The van der Waals surface area contributed by atoms with Crippen LogP contribution < -0.4 is 5.32 Å². The van der Waals surface area contributed by atoms with E-state index in [9.17, 15) is 0 Å². The summed E-state index contributed by atoms with van der Waals surface area (Å²) in [5.74, 6) is 0. The fourth-order valence-electron chi connectivity index (χ4n) is 2.78. The predicted molar refractivity (Wildman–Crippen MR) is 83.1 cm³/mol. The zero-order valence-electron chi connectivity index (χ0n) is 11.5. The second-order valence-electron chi connectivity index (χ2n) is 5.26. The van der Waals surface area contributed by atoms with Gasteiger partial charge in [0.1, 0.15) is 0 Å². The van der Waals surface area contributed by atoms with Gasteiger partial charge in [-0.05, 0) is 57.1 Å². The van der Waals surface area contributed by atoms with Gasteiger partial charge in [-0.15, -0.1) is 0 Å². The first kappa shape index (κ1) is 15.1. The molecule has 2 rings (SSSR count). The van der Waals surface area contributed by atoms with Crippen LogP contribution in [0.25, 0.3) is 0 Å². The van der Waals surface area contributed by atoms with Crippen LogP contribution in [0.3, 0.4) is 0 Å². The monoisotopic (exact) mass is 300 g/mol. The lowest BCUT2D eigenvalue weighted by molar-refractivity contribution is 0.132. The van der Waals surface area contributed by atoms with Gasteiger partial charge in [-0.2, -0.15) is 0 Å². The summed E-state index contributed by atoms with van der Waals surface area (Å²) < 4.78 is 0. The molecule has 2 nitrogen and oxygen atoms in total. The van der Waals surface area contributed by atoms with Crippen molar-refractivity contribution in [3.63, 3.8) is 0 Å². The van der Waals surface area contributed by atoms with Gasteiger partial charge in [0.15, 0.2) is 0 Å². The van der Waals surface area contributed by atoms with Crippen molar-refractivity contribution in [3.05, 3.63) is 33.8 Å². The van der Waals surface area contributed by atoms with E-state index in [0.717, 1.165) is 13.1 Å². The summed E-state index contributed by atoms with van der Waals surface area (Å²) in [6.07, 6.45) is 5.18. The van der Waals surface area contributed by atoms with Crippen LogP contribution in [0.5, 0.6) is 0 Å². The van der Waals surface area contributed by atoms with E-state index in [1.807, 2.05) is 19.2 Å². The Labute approximate surface area is 126 Å². The second-order valence-corrected chi connectivity index (χ2v) is 6.08. The first-order chi connectivity index (χ1) is 9.20. The number of piperidine rings is 1. The summed E-state index contributed by atoms with van der Waals surface area (Å²) >= 11 is 12.1. The molecule has 1 saturated heterocycles. The molecule has 0 saturated carbocycles. The Morgan fingerprint density at radius 3 is 2.84 bits per heavy atom. The third-order valence-electron chi connectivity index (χ3n) is 3.85. The third kappa shape index (κ3) is 4.35. The molecule has 1 aliphatic heterocycles. The number of hydrogen-bond acceptors (Lipinski definition) is 2. The smallest absolute Gasteiger partial charge is 0.0595 e. The van der Waals surface area contributed by atoms with Gasteiger partial charge in [-0.25, -0.2) is 0 Å². The molecule has 4 heteroatoms. The van der Waals surface area contributed by atoms with E-state index < -0.39 is 0 Å². The Morgan fingerprint density at radius 2 is 2.11 bits per heavy atom. The normalized spacial score (nSPS) is 20.7. The molecule has 1 atom stereocenters. The summed E-state index contributed by atoms with van der Waals surface area (Å²) in [6.45, 7) is 3.25. The highest BCUT2D eigenvalue weighted by atomic mass is 35.5. The largest absolute Gasteiger partial charge is 0.320 e. The number of rotatable bonds is 5. The lowest BCUT2D eigenvalue weighted by Gasteiger charge is -2.36. The van der Waals surface area contributed by atoms with Crippen molar-refractivity contribution < 1.29 is 0 Å². The molecule has 19 heavy (non-hydrogen) atoms. The Kier molecular flexibility index (Phi) is 5.96. The number of nitrogens with one attached hydrogen (secondary N) is 1. The van der Waals surface area contributed by atoms with Gasteiger partial charge in [-0.3, -0.25) is 4.90 Å². The minimum Gasteiger partial charge on any atom is -0.320 e. The lowest BCUT2D eigenvalue weighted by atomic mass is 9.98. The predicted octanol–water partition coefficient (Wildman–Crippen LogP) is 3.96. The molecule has 1 unspecified atom stereocenters. The molecule has 1 aliphatic rings. The van der Waals surface area contributed by atoms with Crippen molar-refractivity contribution in [1.82, 2.24) is 10.2 Å². The molecule has 0 amide bonds. The second kappa shape index (κ2) is 7.49. The highest BCUT2D eigenvalue weighted by molar-refractivity contribution is 6.42. The topological polar surface area (TPSA) is 15.3 Å². The number of likely N-dealkylation sites (tertiary alicyclic amines) is 1. The van der Waals surface area contributed by atoms with Gasteiger partial charge in [0, 0.05) is 12.6 Å². The van der Waals surface area contributed by atoms with Gasteiger partial charge in [0.05, 0.1) is 10.0 Å². The highest BCUT2D eigenvalue weighted by Gasteiger charge is 2.21. The van der Waals surface area contributed by atoms with E-state index in [4.69, 9.17) is 23.2 Å². The summed E-state index contributed by atoms with van der Waals surface area (Å²) in [4.78, 5) is 2.58. The molecule has 1 aromatic carbocycles. The van der Waals surface area contributed by atoms with E-state index in [0.29, 0.717) is 16.1 Å². The first-order valence-corrected chi connectivity index (χ1v) is 7.79. The molecular formula is C15H22Cl2N2. The van der Waals surface area contributed by atoms with Crippen LogP contribution in [0.4, 0.5) is 0 Å². The maximum atomic E-state index is 6.09. The number of halogens is 2. The summed E-state index contributed by atoms with van der Waals surface area (Å²) in [6, 6.07) is 6.66. The summed E-state index contributed by atoms with van der Waals surface area (Å²) in [5.41, 5.74) is 1.26. The van der Waals surface area contributed by atoms with Crippen molar-refractivity contribution in [1.29, 1.82) is 0 Å². The minimum absolute atomic E-state index is 0.635. The van der Waals surface area contributed by atoms with Crippen LogP contribution >= 0.6 is 23.2 Å². The molecule has 1 N–H and O–H groups in total. The molecule has 0 spiro atoms. The van der Waals surface area contributed by atoms with Crippen molar-refractivity contribution >= 4 is 23.2 Å². The zero-order chi connectivity index (χ0) is 13.7. The Morgan fingerprint density at radius 1 is 1.26 bits per heavy atom. The quantitative estimate of drug-likeness (QED) is 0.885. The van der Waals surface area contributed by atoms with E-state index >= 15 is 0 Å². The molecule has 1 aromatic rings. The molecule has 1 heterocycles.